The zero-order chi connectivity index (χ0) is 18.0. The van der Waals surface area contributed by atoms with E-state index in [1.165, 1.54) is 52.6 Å². The Bertz CT molecular complexity index is 1160. The number of anilines is 2. The number of H-pyrrole nitrogens is 1. The summed E-state index contributed by atoms with van der Waals surface area (Å²) in [5.41, 5.74) is 12.1. The van der Waals surface area contributed by atoms with Crippen LogP contribution in [0.25, 0.3) is 21.1 Å². The van der Waals surface area contributed by atoms with Gasteiger partial charge in [-0.3, -0.25) is 5.10 Å². The lowest BCUT2D eigenvalue weighted by Gasteiger charge is -2.44. The van der Waals surface area contributed by atoms with Gasteiger partial charge in [-0.15, -0.1) is 0 Å². The van der Waals surface area contributed by atoms with Gasteiger partial charge in [-0.1, -0.05) is 30.2 Å². The number of thiazole rings is 1. The zero-order valence-electron chi connectivity index (χ0n) is 14.9. The Morgan fingerprint density at radius 3 is 3.00 bits per heavy atom. The second-order valence-electron chi connectivity index (χ2n) is 7.81. The van der Waals surface area contributed by atoms with Crippen LogP contribution in [0.2, 0.25) is 0 Å². The molecular formula is C21H21N5S. The van der Waals surface area contributed by atoms with Crippen molar-refractivity contribution in [2.45, 2.75) is 37.6 Å². The summed E-state index contributed by atoms with van der Waals surface area (Å²) in [6, 6.07) is 11.3. The molecule has 4 aromatic rings. The highest BCUT2D eigenvalue weighted by atomic mass is 32.1. The number of aromatic amines is 1. The third kappa shape index (κ3) is 2.29. The Labute approximate surface area is 161 Å². The molecule has 1 aliphatic heterocycles. The molecule has 0 radical (unpaired) electrons. The fraction of sp³-hybridized carbons (Fsp3) is 0.333. The lowest BCUT2D eigenvalue weighted by atomic mass is 9.67. The molecule has 0 saturated heterocycles. The molecule has 27 heavy (non-hydrogen) atoms. The molecule has 0 spiro atoms. The summed E-state index contributed by atoms with van der Waals surface area (Å²) in [5, 5.41) is 13.2. The van der Waals surface area contributed by atoms with Crippen LogP contribution < -0.4 is 11.1 Å². The van der Waals surface area contributed by atoms with Gasteiger partial charge in [0.05, 0.1) is 28.0 Å². The van der Waals surface area contributed by atoms with Gasteiger partial charge in [0.2, 0.25) is 0 Å². The smallest absolute Gasteiger partial charge is 0.181 e. The maximum absolute atomic E-state index is 5.91. The van der Waals surface area contributed by atoms with Crippen molar-refractivity contribution in [1.29, 1.82) is 0 Å². The molecule has 0 amide bonds. The standard InChI is InChI=1S/C21H21N5S/c22-21-25-16-6-5-11(9-18(16)27-21)20-13-4-2-1-3-12(13)19-14-10-23-26-15(14)7-8-17(19)24-20/h5-10,12-13,20,24H,1-4H2,(H2,22,25)(H,23,26)/t12-,13+,20?/m0/s1. The number of benzene rings is 2. The van der Waals surface area contributed by atoms with Gasteiger partial charge < -0.3 is 11.1 Å². The topological polar surface area (TPSA) is 79.6 Å². The van der Waals surface area contributed by atoms with Crippen LogP contribution in [0.3, 0.4) is 0 Å². The molecule has 3 atom stereocenters. The minimum atomic E-state index is 0.333. The van der Waals surface area contributed by atoms with E-state index in [-0.39, 0.29) is 0 Å². The van der Waals surface area contributed by atoms with Crippen molar-refractivity contribution >= 4 is 43.3 Å². The van der Waals surface area contributed by atoms with E-state index in [0.717, 1.165) is 11.0 Å². The van der Waals surface area contributed by atoms with Gasteiger partial charge >= 0.3 is 0 Å². The molecular weight excluding hydrogens is 354 g/mol. The highest BCUT2D eigenvalue weighted by Crippen LogP contribution is 2.53. The molecule has 2 aromatic heterocycles. The summed E-state index contributed by atoms with van der Waals surface area (Å²) in [6.45, 7) is 0. The first-order valence-corrected chi connectivity index (χ1v) is 10.5. The van der Waals surface area contributed by atoms with Gasteiger partial charge in [0.15, 0.2) is 5.13 Å². The van der Waals surface area contributed by atoms with E-state index in [1.54, 1.807) is 11.3 Å². The molecule has 1 saturated carbocycles. The van der Waals surface area contributed by atoms with E-state index >= 15 is 0 Å². The van der Waals surface area contributed by atoms with E-state index in [2.05, 4.69) is 50.8 Å². The summed E-state index contributed by atoms with van der Waals surface area (Å²) in [7, 11) is 0. The van der Waals surface area contributed by atoms with Gasteiger partial charge in [-0.2, -0.15) is 5.10 Å². The fourth-order valence-corrected chi connectivity index (χ4v) is 6.02. The molecule has 136 valence electrons. The van der Waals surface area contributed by atoms with Crippen LogP contribution in [0.5, 0.6) is 0 Å². The average molecular weight is 376 g/mol. The largest absolute Gasteiger partial charge is 0.378 e. The van der Waals surface area contributed by atoms with Crippen molar-refractivity contribution < 1.29 is 0 Å². The Morgan fingerprint density at radius 2 is 2.04 bits per heavy atom. The molecule has 1 unspecified atom stereocenters. The van der Waals surface area contributed by atoms with Crippen molar-refractivity contribution in [2.75, 3.05) is 11.1 Å². The monoisotopic (exact) mass is 375 g/mol. The highest BCUT2D eigenvalue weighted by Gasteiger charge is 2.39. The van der Waals surface area contributed by atoms with Crippen LogP contribution in [0.15, 0.2) is 36.5 Å². The maximum Gasteiger partial charge on any atom is 0.181 e. The van der Waals surface area contributed by atoms with Crippen LogP contribution in [-0.2, 0) is 0 Å². The number of nitrogen functional groups attached to an aromatic ring is 1. The Morgan fingerprint density at radius 1 is 1.11 bits per heavy atom. The van der Waals surface area contributed by atoms with E-state index in [0.29, 0.717) is 23.0 Å². The normalized spacial score (nSPS) is 24.5. The van der Waals surface area contributed by atoms with Gasteiger partial charge in [-0.05, 0) is 60.1 Å². The van der Waals surface area contributed by atoms with Crippen LogP contribution in [0.1, 0.15) is 48.8 Å². The Kier molecular flexibility index (Phi) is 3.26. The molecule has 5 nitrogen and oxygen atoms in total. The summed E-state index contributed by atoms with van der Waals surface area (Å²) in [5.74, 6) is 1.19. The second kappa shape index (κ2) is 5.70. The second-order valence-corrected chi connectivity index (χ2v) is 8.88. The van der Waals surface area contributed by atoms with Crippen LogP contribution >= 0.6 is 11.3 Å². The van der Waals surface area contributed by atoms with Crippen LogP contribution in [0, 0.1) is 5.92 Å². The molecule has 1 fully saturated rings. The Hall–Kier alpha value is -2.60. The number of nitrogens with two attached hydrogens (primary N) is 1. The summed E-state index contributed by atoms with van der Waals surface area (Å²) >= 11 is 1.57. The molecule has 0 bridgehead atoms. The SMILES string of the molecule is Nc1nc2ccc(C3Nc4ccc5[nH]ncc5c4[C@H]4CCCC[C@@H]34)cc2s1. The number of nitrogens with zero attached hydrogens (tertiary/aromatic N) is 2. The van der Waals surface area contributed by atoms with Crippen LogP contribution in [-0.4, -0.2) is 15.2 Å². The number of hydrogen-bond donors (Lipinski definition) is 3. The number of nitrogens with one attached hydrogen (secondary N) is 2. The fourth-order valence-electron chi connectivity index (χ4n) is 5.24. The van der Waals surface area contributed by atoms with E-state index in [4.69, 9.17) is 5.73 Å². The minimum absolute atomic E-state index is 0.333. The zero-order valence-corrected chi connectivity index (χ0v) is 15.7. The molecule has 4 N–H and O–H groups in total. The first-order valence-electron chi connectivity index (χ1n) is 9.66. The summed E-state index contributed by atoms with van der Waals surface area (Å²) in [6.07, 6.45) is 7.14. The first-order chi connectivity index (χ1) is 13.3. The summed E-state index contributed by atoms with van der Waals surface area (Å²) in [4.78, 5) is 4.41. The van der Waals surface area contributed by atoms with E-state index < -0.39 is 0 Å². The molecule has 3 heterocycles. The number of aromatic nitrogens is 3. The molecule has 1 aliphatic carbocycles. The predicted molar refractivity (Wildman–Crippen MR) is 111 cm³/mol. The highest BCUT2D eigenvalue weighted by molar-refractivity contribution is 7.22. The van der Waals surface area contributed by atoms with Gasteiger partial charge in [0.25, 0.3) is 0 Å². The molecule has 2 aliphatic rings. The lowest BCUT2D eigenvalue weighted by molar-refractivity contribution is 0.267. The van der Waals surface area contributed by atoms with Crippen molar-refractivity contribution in [3.8, 4) is 0 Å². The number of hydrogen-bond acceptors (Lipinski definition) is 5. The summed E-state index contributed by atoms with van der Waals surface area (Å²) < 4.78 is 1.18. The van der Waals surface area contributed by atoms with Crippen LogP contribution in [0.4, 0.5) is 10.8 Å². The average Bonchev–Trinajstić information content (AvgIpc) is 3.31. The van der Waals surface area contributed by atoms with Crippen molar-refractivity contribution in [3.05, 3.63) is 47.7 Å². The van der Waals surface area contributed by atoms with E-state index in [9.17, 15) is 0 Å². The molecule has 6 heteroatoms. The molecule has 2 aromatic carbocycles. The minimum Gasteiger partial charge on any atom is -0.378 e. The number of rotatable bonds is 1. The third-order valence-electron chi connectivity index (χ3n) is 6.38. The Balaban J connectivity index is 1.51. The number of fused-ring (bicyclic) bond motifs is 6. The van der Waals surface area contributed by atoms with Gasteiger partial charge in [0.1, 0.15) is 0 Å². The van der Waals surface area contributed by atoms with Gasteiger partial charge in [0, 0.05) is 11.1 Å². The van der Waals surface area contributed by atoms with Crippen molar-refractivity contribution in [2.24, 2.45) is 5.92 Å². The van der Waals surface area contributed by atoms with Crippen molar-refractivity contribution in [3.63, 3.8) is 0 Å². The first kappa shape index (κ1) is 15.5. The maximum atomic E-state index is 5.91. The lowest BCUT2D eigenvalue weighted by Crippen LogP contribution is -2.33. The third-order valence-corrected chi connectivity index (χ3v) is 7.23. The molecule has 6 rings (SSSR count). The predicted octanol–water partition coefficient (Wildman–Crippen LogP) is 5.20. The van der Waals surface area contributed by atoms with Crippen molar-refractivity contribution in [1.82, 2.24) is 15.2 Å². The quantitative estimate of drug-likeness (QED) is 0.427. The van der Waals surface area contributed by atoms with E-state index in [1.807, 2.05) is 6.20 Å². The van der Waals surface area contributed by atoms with Gasteiger partial charge in [-0.25, -0.2) is 4.98 Å².